The normalized spacial score (nSPS) is 16.9. The van der Waals surface area contributed by atoms with E-state index in [0.29, 0.717) is 24.3 Å². The van der Waals surface area contributed by atoms with Crippen LogP contribution in [0, 0.1) is 0 Å². The van der Waals surface area contributed by atoms with Crippen molar-refractivity contribution < 1.29 is 36.6 Å². The number of benzene rings is 1. The lowest BCUT2D eigenvalue weighted by molar-refractivity contribution is -0.137. The second-order valence-corrected chi connectivity index (χ2v) is 10.4. The predicted octanol–water partition coefficient (Wildman–Crippen LogP) is 3.03. The zero-order valence-electron chi connectivity index (χ0n) is 19.1. The van der Waals surface area contributed by atoms with E-state index < -0.39 is 40.8 Å². The molecule has 2 N–H and O–H groups in total. The van der Waals surface area contributed by atoms with Gasteiger partial charge in [-0.3, -0.25) is 9.59 Å². The van der Waals surface area contributed by atoms with Crippen LogP contribution in [-0.4, -0.2) is 61.9 Å². The summed E-state index contributed by atoms with van der Waals surface area (Å²) in [7, 11) is -3.41. The second-order valence-electron chi connectivity index (χ2n) is 8.08. The smallest absolute Gasteiger partial charge is 0.345 e. The Kier molecular flexibility index (Phi) is 8.73. The minimum absolute atomic E-state index is 0.0674. The van der Waals surface area contributed by atoms with E-state index in [1.807, 2.05) is 4.90 Å². The molecule has 1 aliphatic heterocycles. The number of nitrogens with zero attached hydrogens (tertiary/aromatic N) is 2. The fraction of sp³-hybridized carbons (Fsp3) is 0.435. The fourth-order valence-electron chi connectivity index (χ4n) is 3.93. The number of rotatable bonds is 11. The highest BCUT2D eigenvalue weighted by Crippen LogP contribution is 2.25. The van der Waals surface area contributed by atoms with Gasteiger partial charge in [0.15, 0.2) is 9.84 Å². The largest absolute Gasteiger partial charge is 0.481 e. The Morgan fingerprint density at radius 1 is 1.23 bits per heavy atom. The van der Waals surface area contributed by atoms with Gasteiger partial charge in [-0.15, -0.1) is 0 Å². The van der Waals surface area contributed by atoms with Crippen LogP contribution < -0.4 is 10.2 Å². The maximum atomic E-state index is 12.8. The first-order valence-electron chi connectivity index (χ1n) is 11.1. The second kappa shape index (κ2) is 11.5. The molecule has 1 aliphatic rings. The lowest BCUT2D eigenvalue weighted by atomic mass is 10.0. The van der Waals surface area contributed by atoms with Crippen molar-refractivity contribution in [1.29, 1.82) is 0 Å². The van der Waals surface area contributed by atoms with Gasteiger partial charge in [0.25, 0.3) is 5.91 Å². The Hall–Kier alpha value is -3.12. The van der Waals surface area contributed by atoms with Crippen LogP contribution in [-0.2, 0) is 19.4 Å². The van der Waals surface area contributed by atoms with Crippen LogP contribution in [0.2, 0.25) is 0 Å². The molecule has 0 aliphatic carbocycles. The Morgan fingerprint density at radius 3 is 2.51 bits per heavy atom. The highest BCUT2D eigenvalue weighted by Gasteiger charge is 2.27. The molecule has 0 unspecified atom stereocenters. The van der Waals surface area contributed by atoms with E-state index in [2.05, 4.69) is 15.0 Å². The van der Waals surface area contributed by atoms with E-state index in [-0.39, 0.29) is 28.9 Å². The quantitative estimate of drug-likeness (QED) is 0.472. The summed E-state index contributed by atoms with van der Waals surface area (Å²) in [5.74, 6) is -1.24. The molecule has 12 heteroatoms. The molecule has 2 heterocycles. The van der Waals surface area contributed by atoms with E-state index in [9.17, 15) is 31.9 Å². The van der Waals surface area contributed by atoms with Crippen LogP contribution in [0.4, 0.5) is 14.6 Å². The van der Waals surface area contributed by atoms with Gasteiger partial charge in [0.1, 0.15) is 5.82 Å². The average Bonchev–Trinajstić information content (AvgIpc) is 3.31. The molecule has 3 rings (SSSR count). The van der Waals surface area contributed by atoms with Gasteiger partial charge in [-0.25, -0.2) is 13.4 Å². The molecule has 35 heavy (non-hydrogen) atoms. The molecule has 0 saturated carbocycles. The Morgan fingerprint density at radius 2 is 1.94 bits per heavy atom. The first kappa shape index (κ1) is 26.5. The molecule has 1 saturated heterocycles. The third kappa shape index (κ3) is 6.95. The number of aliphatic carboxylic acids is 1. The summed E-state index contributed by atoms with van der Waals surface area (Å²) < 4.78 is 53.3. The van der Waals surface area contributed by atoms with Gasteiger partial charge in [-0.1, -0.05) is 19.1 Å². The molecular weight excluding hydrogens is 484 g/mol. The number of halogens is 2. The molecule has 2 aromatic rings. The number of hydrogen-bond donors (Lipinski definition) is 2. The van der Waals surface area contributed by atoms with Crippen molar-refractivity contribution in [2.75, 3.05) is 23.8 Å². The van der Waals surface area contributed by atoms with Crippen LogP contribution >= 0.6 is 0 Å². The van der Waals surface area contributed by atoms with Gasteiger partial charge in [-0.2, -0.15) is 8.78 Å². The third-order valence-electron chi connectivity index (χ3n) is 5.80. The minimum atomic E-state index is -3.41. The number of ether oxygens (including phenoxy) is 1. The van der Waals surface area contributed by atoms with Gasteiger partial charge in [0.05, 0.1) is 41.3 Å². The van der Waals surface area contributed by atoms with Crippen molar-refractivity contribution in [2.45, 2.75) is 49.8 Å². The summed E-state index contributed by atoms with van der Waals surface area (Å²) in [4.78, 5) is 30.4. The summed E-state index contributed by atoms with van der Waals surface area (Å²) in [6.45, 7) is -0.823. The van der Waals surface area contributed by atoms with E-state index >= 15 is 0 Å². The third-order valence-corrected chi connectivity index (χ3v) is 7.55. The number of aromatic nitrogens is 1. The van der Waals surface area contributed by atoms with Crippen LogP contribution in [0.25, 0.3) is 0 Å². The minimum Gasteiger partial charge on any atom is -0.481 e. The summed E-state index contributed by atoms with van der Waals surface area (Å²) in [5, 5.41) is 11.9. The van der Waals surface area contributed by atoms with Crippen molar-refractivity contribution in [1.82, 2.24) is 10.3 Å². The van der Waals surface area contributed by atoms with Crippen molar-refractivity contribution in [2.24, 2.45) is 0 Å². The number of carboxylic acids is 1. The van der Waals surface area contributed by atoms with Crippen LogP contribution in [0.3, 0.4) is 0 Å². The molecule has 2 atom stereocenters. The van der Waals surface area contributed by atoms with Crippen molar-refractivity contribution in [3.63, 3.8) is 0 Å². The molecule has 1 aromatic carbocycles. The van der Waals surface area contributed by atoms with Crippen molar-refractivity contribution >= 4 is 27.5 Å². The van der Waals surface area contributed by atoms with E-state index in [1.165, 1.54) is 43.5 Å². The van der Waals surface area contributed by atoms with Gasteiger partial charge in [-0.05, 0) is 42.7 Å². The standard InChI is InChI=1S/C23H27F2N3O6S/c1-2-35(32,33)18-8-5-15(6-9-18)19(12-21(29)30)27-22(31)16-7-10-20(26-13-16)28-11-3-4-17(28)14-34-23(24)25/h5-10,13,17,19,23H,2-4,11-12,14H2,1H3,(H,27,31)(H,29,30)/t17-,19-/m0/s1. The van der Waals surface area contributed by atoms with Crippen LogP contribution in [0.15, 0.2) is 47.5 Å². The molecule has 1 fully saturated rings. The zero-order valence-corrected chi connectivity index (χ0v) is 19.9. The first-order chi connectivity index (χ1) is 16.6. The average molecular weight is 512 g/mol. The lowest BCUT2D eigenvalue weighted by Gasteiger charge is -2.25. The molecule has 0 spiro atoms. The summed E-state index contributed by atoms with van der Waals surface area (Å²) in [5.41, 5.74) is 0.633. The summed E-state index contributed by atoms with van der Waals surface area (Å²) in [6, 6.07) is 7.72. The Balaban J connectivity index is 1.72. The number of anilines is 1. The van der Waals surface area contributed by atoms with Crippen LogP contribution in [0.1, 0.15) is 48.1 Å². The zero-order chi connectivity index (χ0) is 25.6. The van der Waals surface area contributed by atoms with Crippen molar-refractivity contribution in [3.8, 4) is 0 Å². The number of sulfone groups is 1. The highest BCUT2D eigenvalue weighted by atomic mass is 32.2. The molecule has 190 valence electrons. The predicted molar refractivity (Wildman–Crippen MR) is 123 cm³/mol. The van der Waals surface area contributed by atoms with Gasteiger partial charge in [0.2, 0.25) is 0 Å². The molecule has 1 aromatic heterocycles. The molecule has 0 bridgehead atoms. The monoisotopic (exact) mass is 511 g/mol. The Labute approximate surface area is 202 Å². The van der Waals surface area contributed by atoms with Gasteiger partial charge >= 0.3 is 12.6 Å². The molecular formula is C23H27F2N3O6S. The van der Waals surface area contributed by atoms with Gasteiger partial charge in [0, 0.05) is 12.7 Å². The summed E-state index contributed by atoms with van der Waals surface area (Å²) >= 11 is 0. The topological polar surface area (TPSA) is 126 Å². The summed E-state index contributed by atoms with van der Waals surface area (Å²) in [6.07, 6.45) is 2.42. The number of carboxylic acid groups (broad SMARTS) is 1. The van der Waals surface area contributed by atoms with E-state index in [1.54, 1.807) is 6.07 Å². The van der Waals surface area contributed by atoms with Crippen LogP contribution in [0.5, 0.6) is 0 Å². The molecule has 9 nitrogen and oxygen atoms in total. The number of carbonyl (C=O) groups is 2. The number of carbonyl (C=O) groups excluding carboxylic acids is 1. The van der Waals surface area contributed by atoms with Gasteiger partial charge < -0.3 is 20.1 Å². The molecule has 0 radical (unpaired) electrons. The maximum Gasteiger partial charge on any atom is 0.345 e. The number of pyridine rings is 1. The number of amides is 1. The molecule has 1 amide bonds. The van der Waals surface area contributed by atoms with Crippen molar-refractivity contribution in [3.05, 3.63) is 53.7 Å². The number of nitrogens with one attached hydrogen (secondary N) is 1. The number of alkyl halides is 2. The SMILES string of the molecule is CCS(=O)(=O)c1ccc([C@H](CC(=O)O)NC(=O)c2ccc(N3CCC[C@H]3COC(F)F)nc2)cc1. The fourth-order valence-corrected chi connectivity index (χ4v) is 4.81. The maximum absolute atomic E-state index is 12.8. The highest BCUT2D eigenvalue weighted by molar-refractivity contribution is 7.91. The van der Waals surface area contributed by atoms with E-state index in [0.717, 1.165) is 6.42 Å². The Bertz CT molecular complexity index is 1130. The lowest BCUT2D eigenvalue weighted by Crippen LogP contribution is -2.34. The van der Waals surface area contributed by atoms with E-state index in [4.69, 9.17) is 0 Å². The first-order valence-corrected chi connectivity index (χ1v) is 12.7. The number of hydrogen-bond acceptors (Lipinski definition) is 7.